The normalized spacial score (nSPS) is 14.7. The molecular formula is C24H31N3O5S. The third-order valence-electron chi connectivity index (χ3n) is 5.21. The second kappa shape index (κ2) is 9.43. The van der Waals surface area contributed by atoms with Gasteiger partial charge >= 0.3 is 6.09 Å². The van der Waals surface area contributed by atoms with E-state index in [0.717, 1.165) is 5.56 Å². The van der Waals surface area contributed by atoms with E-state index in [1.165, 1.54) is 6.07 Å². The van der Waals surface area contributed by atoms with Crippen LogP contribution >= 0.6 is 0 Å². The lowest BCUT2D eigenvalue weighted by Gasteiger charge is -2.35. The number of nitrogens with one attached hydrogen (secondary N) is 1. The van der Waals surface area contributed by atoms with E-state index in [9.17, 15) is 18.0 Å². The zero-order chi connectivity index (χ0) is 24.4. The number of anilines is 1. The minimum absolute atomic E-state index is 0.206. The lowest BCUT2D eigenvalue weighted by molar-refractivity contribution is 0.0141. The molecule has 1 aliphatic rings. The van der Waals surface area contributed by atoms with Gasteiger partial charge in [0.1, 0.15) is 5.60 Å². The molecule has 3 rings (SSSR count). The Morgan fingerprint density at radius 2 is 1.58 bits per heavy atom. The molecule has 0 atom stereocenters. The van der Waals surface area contributed by atoms with Gasteiger partial charge < -0.3 is 14.5 Å². The number of carbonyl (C=O) groups excluding carboxylic acids is 2. The summed E-state index contributed by atoms with van der Waals surface area (Å²) in [6, 6.07) is 11.7. The third-order valence-corrected chi connectivity index (χ3v) is 6.74. The van der Waals surface area contributed by atoms with Crippen molar-refractivity contribution in [3.63, 3.8) is 0 Å². The molecular weight excluding hydrogens is 442 g/mol. The molecule has 1 saturated heterocycles. The number of nitrogens with zero attached hydrogens (tertiary/aromatic N) is 2. The lowest BCUT2D eigenvalue weighted by Crippen LogP contribution is -2.51. The molecule has 178 valence electrons. The highest BCUT2D eigenvalue weighted by Crippen LogP contribution is 2.22. The molecule has 8 nitrogen and oxygen atoms in total. The average molecular weight is 474 g/mol. The molecule has 0 radical (unpaired) electrons. The van der Waals surface area contributed by atoms with Crippen LogP contribution in [0.1, 0.15) is 42.3 Å². The van der Waals surface area contributed by atoms with Crippen molar-refractivity contribution in [2.75, 3.05) is 30.9 Å². The van der Waals surface area contributed by atoms with E-state index >= 15 is 0 Å². The van der Waals surface area contributed by atoms with Gasteiger partial charge in [0.25, 0.3) is 15.9 Å². The molecule has 33 heavy (non-hydrogen) atoms. The summed E-state index contributed by atoms with van der Waals surface area (Å²) < 4.78 is 33.8. The quantitative estimate of drug-likeness (QED) is 0.729. The van der Waals surface area contributed by atoms with Gasteiger partial charge in [-0.15, -0.1) is 0 Å². The Balaban J connectivity index is 1.68. The zero-order valence-corrected chi connectivity index (χ0v) is 20.5. The van der Waals surface area contributed by atoms with Crippen molar-refractivity contribution in [3.8, 4) is 0 Å². The van der Waals surface area contributed by atoms with Gasteiger partial charge in [0.05, 0.1) is 4.90 Å². The van der Waals surface area contributed by atoms with Crippen molar-refractivity contribution in [3.05, 3.63) is 59.2 Å². The number of carbonyl (C=O) groups is 2. The number of rotatable bonds is 4. The van der Waals surface area contributed by atoms with E-state index in [1.54, 1.807) is 47.1 Å². The van der Waals surface area contributed by atoms with Gasteiger partial charge in [-0.3, -0.25) is 9.52 Å². The van der Waals surface area contributed by atoms with Crippen LogP contribution < -0.4 is 4.72 Å². The average Bonchev–Trinajstić information content (AvgIpc) is 2.73. The molecule has 2 aromatic rings. The standard InChI is InChI=1S/C24H31N3O5S/c1-17-9-10-18(2)21(15-17)33(30,31)25-20-8-6-7-19(16-20)22(28)26-11-13-27(14-12-26)23(29)32-24(3,4)5/h6-10,15-16,25H,11-14H2,1-5H3. The summed E-state index contributed by atoms with van der Waals surface area (Å²) in [5, 5.41) is 0. The van der Waals surface area contributed by atoms with Crippen LogP contribution in [0.5, 0.6) is 0 Å². The Morgan fingerprint density at radius 1 is 0.939 bits per heavy atom. The van der Waals surface area contributed by atoms with E-state index in [4.69, 9.17) is 4.74 Å². The highest BCUT2D eigenvalue weighted by molar-refractivity contribution is 7.92. The SMILES string of the molecule is Cc1ccc(C)c(S(=O)(=O)Nc2cccc(C(=O)N3CCN(C(=O)OC(C)(C)C)CC3)c2)c1. The van der Waals surface area contributed by atoms with Crippen LogP contribution in [-0.4, -0.2) is 62.0 Å². The number of benzene rings is 2. The van der Waals surface area contributed by atoms with Crippen LogP contribution in [0.25, 0.3) is 0 Å². The summed E-state index contributed by atoms with van der Waals surface area (Å²) in [4.78, 5) is 28.7. The van der Waals surface area contributed by atoms with Crippen molar-refractivity contribution >= 4 is 27.7 Å². The zero-order valence-electron chi connectivity index (χ0n) is 19.7. The molecule has 1 N–H and O–H groups in total. The van der Waals surface area contributed by atoms with Gasteiger partial charge in [-0.05, 0) is 70.0 Å². The summed E-state index contributed by atoms with van der Waals surface area (Å²) in [6.07, 6.45) is -0.391. The summed E-state index contributed by atoms with van der Waals surface area (Å²) in [5.41, 5.74) is 1.60. The summed E-state index contributed by atoms with van der Waals surface area (Å²) >= 11 is 0. The Labute approximate surface area is 195 Å². The fraction of sp³-hybridized carbons (Fsp3) is 0.417. The highest BCUT2D eigenvalue weighted by Gasteiger charge is 2.28. The van der Waals surface area contributed by atoms with Crippen molar-refractivity contribution in [1.82, 2.24) is 9.80 Å². The topological polar surface area (TPSA) is 96.0 Å². The first-order chi connectivity index (χ1) is 15.4. The number of hydrogen-bond donors (Lipinski definition) is 1. The molecule has 0 spiro atoms. The number of sulfonamides is 1. The number of ether oxygens (including phenoxy) is 1. The Bertz CT molecular complexity index is 1150. The summed E-state index contributed by atoms with van der Waals surface area (Å²) in [5.74, 6) is -0.216. The van der Waals surface area contributed by atoms with Crippen molar-refractivity contribution < 1.29 is 22.7 Å². The van der Waals surface area contributed by atoms with Gasteiger partial charge in [-0.2, -0.15) is 0 Å². The number of amides is 2. The molecule has 1 heterocycles. The minimum atomic E-state index is -3.80. The van der Waals surface area contributed by atoms with E-state index in [1.807, 2.05) is 33.8 Å². The van der Waals surface area contributed by atoms with Gasteiger partial charge in [-0.25, -0.2) is 13.2 Å². The van der Waals surface area contributed by atoms with E-state index in [-0.39, 0.29) is 10.8 Å². The first-order valence-electron chi connectivity index (χ1n) is 10.8. The van der Waals surface area contributed by atoms with Crippen LogP contribution in [0.2, 0.25) is 0 Å². The van der Waals surface area contributed by atoms with Gasteiger partial charge in [-0.1, -0.05) is 18.2 Å². The van der Waals surface area contributed by atoms with Crippen molar-refractivity contribution in [1.29, 1.82) is 0 Å². The Kier molecular flexibility index (Phi) is 7.02. The fourth-order valence-corrected chi connectivity index (χ4v) is 4.90. The number of aryl methyl sites for hydroxylation is 2. The molecule has 1 fully saturated rings. The van der Waals surface area contributed by atoms with Gasteiger partial charge in [0.2, 0.25) is 0 Å². The molecule has 1 aliphatic heterocycles. The molecule has 9 heteroatoms. The van der Waals surface area contributed by atoms with Crippen molar-refractivity contribution in [2.24, 2.45) is 0 Å². The Hall–Kier alpha value is -3.07. The monoisotopic (exact) mass is 473 g/mol. The predicted molar refractivity (Wildman–Crippen MR) is 127 cm³/mol. The predicted octanol–water partition coefficient (Wildman–Crippen LogP) is 3.80. The molecule has 2 amide bonds. The first kappa shape index (κ1) is 24.6. The molecule has 2 aromatic carbocycles. The maximum absolute atomic E-state index is 13.0. The number of hydrogen-bond acceptors (Lipinski definition) is 5. The highest BCUT2D eigenvalue weighted by atomic mass is 32.2. The Morgan fingerprint density at radius 3 is 2.21 bits per heavy atom. The summed E-state index contributed by atoms with van der Waals surface area (Å²) in [6.45, 7) is 10.5. The smallest absolute Gasteiger partial charge is 0.410 e. The van der Waals surface area contributed by atoms with Crippen LogP contribution in [0.3, 0.4) is 0 Å². The molecule has 0 unspecified atom stereocenters. The van der Waals surface area contributed by atoms with Gasteiger partial charge in [0, 0.05) is 37.4 Å². The van der Waals surface area contributed by atoms with Crippen LogP contribution in [-0.2, 0) is 14.8 Å². The second-order valence-electron chi connectivity index (χ2n) is 9.21. The van der Waals surface area contributed by atoms with E-state index in [2.05, 4.69) is 4.72 Å². The lowest BCUT2D eigenvalue weighted by atomic mass is 10.1. The first-order valence-corrected chi connectivity index (χ1v) is 12.3. The second-order valence-corrected chi connectivity index (χ2v) is 10.9. The minimum Gasteiger partial charge on any atom is -0.444 e. The van der Waals surface area contributed by atoms with Gasteiger partial charge in [0.15, 0.2) is 0 Å². The summed E-state index contributed by atoms with van der Waals surface area (Å²) in [7, 11) is -3.80. The van der Waals surface area contributed by atoms with Crippen molar-refractivity contribution in [2.45, 2.75) is 45.1 Å². The van der Waals surface area contributed by atoms with Crippen LogP contribution in [0.4, 0.5) is 10.5 Å². The third kappa shape index (κ3) is 6.25. The molecule has 0 bridgehead atoms. The van der Waals surface area contributed by atoms with E-state index < -0.39 is 21.7 Å². The van der Waals surface area contributed by atoms with Crippen LogP contribution in [0.15, 0.2) is 47.4 Å². The largest absolute Gasteiger partial charge is 0.444 e. The fourth-order valence-electron chi connectivity index (χ4n) is 3.52. The maximum atomic E-state index is 13.0. The van der Waals surface area contributed by atoms with Crippen LogP contribution in [0, 0.1) is 13.8 Å². The van der Waals surface area contributed by atoms with E-state index in [0.29, 0.717) is 43.0 Å². The number of piperazine rings is 1. The maximum Gasteiger partial charge on any atom is 0.410 e. The molecule has 0 aliphatic carbocycles. The molecule has 0 aromatic heterocycles. The molecule has 0 saturated carbocycles.